The number of amides is 2. The standard InChI is InChI=1S/C16H19F3N4O2/c1-15(2,3)22-12(24)8-20-13(25)9-23-11-7-5-4-6-10(11)21-14(23)16(17,18)19/h4-7H,8-9H2,1-3H3,(H,20,25)(H,22,24). The van der Waals surface area contributed by atoms with Gasteiger partial charge >= 0.3 is 6.18 Å². The van der Waals surface area contributed by atoms with Crippen molar-refractivity contribution in [2.24, 2.45) is 0 Å². The van der Waals surface area contributed by atoms with E-state index in [-0.39, 0.29) is 17.6 Å². The number of para-hydroxylation sites is 2. The van der Waals surface area contributed by atoms with E-state index in [1.807, 2.05) is 0 Å². The minimum Gasteiger partial charge on any atom is -0.350 e. The first-order chi connectivity index (χ1) is 11.5. The zero-order valence-electron chi connectivity index (χ0n) is 14.1. The molecule has 136 valence electrons. The highest BCUT2D eigenvalue weighted by Gasteiger charge is 2.38. The summed E-state index contributed by atoms with van der Waals surface area (Å²) in [6.07, 6.45) is -4.69. The second-order valence-corrected chi connectivity index (χ2v) is 6.58. The van der Waals surface area contributed by atoms with Crippen LogP contribution in [0.5, 0.6) is 0 Å². The van der Waals surface area contributed by atoms with E-state index in [0.717, 1.165) is 4.57 Å². The predicted molar refractivity (Wildman–Crippen MR) is 85.6 cm³/mol. The number of halogens is 3. The Hall–Kier alpha value is -2.58. The third-order valence-corrected chi connectivity index (χ3v) is 3.17. The lowest BCUT2D eigenvalue weighted by atomic mass is 10.1. The molecule has 0 saturated heterocycles. The fourth-order valence-electron chi connectivity index (χ4n) is 2.29. The molecule has 0 aliphatic rings. The second-order valence-electron chi connectivity index (χ2n) is 6.58. The highest BCUT2D eigenvalue weighted by molar-refractivity contribution is 5.86. The van der Waals surface area contributed by atoms with Crippen molar-refractivity contribution in [1.82, 2.24) is 20.2 Å². The highest BCUT2D eigenvalue weighted by atomic mass is 19.4. The number of carbonyl (C=O) groups excluding carboxylic acids is 2. The number of aromatic nitrogens is 2. The lowest BCUT2D eigenvalue weighted by molar-refractivity contribution is -0.147. The zero-order chi connectivity index (χ0) is 18.8. The minimum absolute atomic E-state index is 0.146. The summed E-state index contributed by atoms with van der Waals surface area (Å²) in [5, 5.41) is 4.97. The van der Waals surface area contributed by atoms with Crippen molar-refractivity contribution in [2.75, 3.05) is 6.54 Å². The molecule has 0 saturated carbocycles. The van der Waals surface area contributed by atoms with E-state index in [2.05, 4.69) is 15.6 Å². The molecule has 2 amide bonds. The van der Waals surface area contributed by atoms with Gasteiger partial charge in [0.1, 0.15) is 6.54 Å². The topological polar surface area (TPSA) is 76.0 Å². The molecule has 1 heterocycles. The number of hydrogen-bond donors (Lipinski definition) is 2. The van der Waals surface area contributed by atoms with E-state index in [0.29, 0.717) is 0 Å². The molecule has 2 rings (SSSR count). The van der Waals surface area contributed by atoms with Crippen LogP contribution < -0.4 is 10.6 Å². The van der Waals surface area contributed by atoms with Crippen LogP contribution in [0.2, 0.25) is 0 Å². The van der Waals surface area contributed by atoms with Crippen molar-refractivity contribution < 1.29 is 22.8 Å². The fourth-order valence-corrected chi connectivity index (χ4v) is 2.29. The Labute approximate surface area is 142 Å². The zero-order valence-corrected chi connectivity index (χ0v) is 14.1. The van der Waals surface area contributed by atoms with Crippen LogP contribution in [0.1, 0.15) is 26.6 Å². The van der Waals surface area contributed by atoms with E-state index < -0.39 is 35.9 Å². The molecule has 1 aromatic carbocycles. The smallest absolute Gasteiger partial charge is 0.350 e. The summed E-state index contributed by atoms with van der Waals surface area (Å²) in [6.45, 7) is 4.43. The molecule has 0 fully saturated rings. The van der Waals surface area contributed by atoms with Gasteiger partial charge in [0.05, 0.1) is 17.6 Å². The van der Waals surface area contributed by atoms with Crippen molar-refractivity contribution in [2.45, 2.75) is 39.0 Å². The molecular weight excluding hydrogens is 337 g/mol. The second kappa shape index (κ2) is 6.73. The van der Waals surface area contributed by atoms with Crippen LogP contribution in [0.15, 0.2) is 24.3 Å². The fraction of sp³-hybridized carbons (Fsp3) is 0.438. The average Bonchev–Trinajstić information content (AvgIpc) is 2.82. The third kappa shape index (κ3) is 4.94. The first kappa shape index (κ1) is 18.8. The molecule has 0 aliphatic carbocycles. The Morgan fingerprint density at radius 3 is 2.36 bits per heavy atom. The number of hydrogen-bond acceptors (Lipinski definition) is 3. The Balaban J connectivity index is 2.14. The lowest BCUT2D eigenvalue weighted by Crippen LogP contribution is -2.46. The Morgan fingerprint density at radius 1 is 1.12 bits per heavy atom. The Kier molecular flexibility index (Phi) is 5.05. The number of nitrogens with one attached hydrogen (secondary N) is 2. The van der Waals surface area contributed by atoms with Gasteiger partial charge in [-0.05, 0) is 32.9 Å². The van der Waals surface area contributed by atoms with Gasteiger partial charge in [-0.2, -0.15) is 13.2 Å². The Morgan fingerprint density at radius 2 is 1.76 bits per heavy atom. The van der Waals surface area contributed by atoms with Crippen molar-refractivity contribution in [3.05, 3.63) is 30.1 Å². The summed E-state index contributed by atoms with van der Waals surface area (Å²) in [5.74, 6) is -2.28. The van der Waals surface area contributed by atoms with Crippen LogP contribution in [0.25, 0.3) is 11.0 Å². The quantitative estimate of drug-likeness (QED) is 0.881. The van der Waals surface area contributed by atoms with Gasteiger partial charge in [0.15, 0.2) is 0 Å². The number of alkyl halides is 3. The summed E-state index contributed by atoms with van der Waals surface area (Å²) >= 11 is 0. The van der Waals surface area contributed by atoms with Crippen molar-refractivity contribution in [3.8, 4) is 0 Å². The van der Waals surface area contributed by atoms with Gasteiger partial charge in [-0.15, -0.1) is 0 Å². The van der Waals surface area contributed by atoms with Crippen LogP contribution in [0.4, 0.5) is 13.2 Å². The summed E-state index contributed by atoms with van der Waals surface area (Å²) in [4.78, 5) is 27.2. The van der Waals surface area contributed by atoms with Crippen molar-refractivity contribution >= 4 is 22.8 Å². The molecule has 0 atom stereocenters. The first-order valence-corrected chi connectivity index (χ1v) is 7.57. The Bertz CT molecular complexity index is 791. The molecule has 2 N–H and O–H groups in total. The van der Waals surface area contributed by atoms with E-state index in [9.17, 15) is 22.8 Å². The number of carbonyl (C=O) groups is 2. The van der Waals surface area contributed by atoms with Gasteiger partial charge in [-0.1, -0.05) is 12.1 Å². The molecule has 0 aliphatic heterocycles. The average molecular weight is 356 g/mol. The molecule has 9 heteroatoms. The normalized spacial score (nSPS) is 12.2. The van der Waals surface area contributed by atoms with Gasteiger partial charge in [0, 0.05) is 5.54 Å². The van der Waals surface area contributed by atoms with Crippen molar-refractivity contribution in [1.29, 1.82) is 0 Å². The number of nitrogens with zero attached hydrogens (tertiary/aromatic N) is 2. The van der Waals surface area contributed by atoms with Crippen LogP contribution >= 0.6 is 0 Å². The van der Waals surface area contributed by atoms with Gasteiger partial charge in [-0.25, -0.2) is 4.98 Å². The number of fused-ring (bicyclic) bond motifs is 1. The minimum atomic E-state index is -4.69. The molecule has 0 unspecified atom stereocenters. The molecule has 0 spiro atoms. The largest absolute Gasteiger partial charge is 0.449 e. The van der Waals surface area contributed by atoms with Crippen LogP contribution in [-0.2, 0) is 22.3 Å². The summed E-state index contributed by atoms with van der Waals surface area (Å²) in [7, 11) is 0. The molecule has 1 aromatic heterocycles. The predicted octanol–water partition coefficient (Wildman–Crippen LogP) is 2.09. The monoisotopic (exact) mass is 356 g/mol. The van der Waals surface area contributed by atoms with E-state index in [1.165, 1.54) is 12.1 Å². The van der Waals surface area contributed by atoms with Gasteiger partial charge in [0.2, 0.25) is 17.6 Å². The van der Waals surface area contributed by atoms with E-state index >= 15 is 0 Å². The van der Waals surface area contributed by atoms with E-state index in [1.54, 1.807) is 32.9 Å². The van der Waals surface area contributed by atoms with Gasteiger partial charge in [0.25, 0.3) is 0 Å². The van der Waals surface area contributed by atoms with Crippen LogP contribution in [0, 0.1) is 0 Å². The highest BCUT2D eigenvalue weighted by Crippen LogP contribution is 2.31. The molecule has 2 aromatic rings. The molecular formula is C16H19F3N4O2. The number of benzene rings is 1. The maximum absolute atomic E-state index is 13.2. The van der Waals surface area contributed by atoms with Gasteiger partial charge in [-0.3, -0.25) is 9.59 Å². The lowest BCUT2D eigenvalue weighted by Gasteiger charge is -2.20. The maximum Gasteiger partial charge on any atom is 0.449 e. The van der Waals surface area contributed by atoms with Crippen molar-refractivity contribution in [3.63, 3.8) is 0 Å². The summed E-state index contributed by atoms with van der Waals surface area (Å²) in [5.41, 5.74) is -0.122. The molecule has 6 nitrogen and oxygen atoms in total. The maximum atomic E-state index is 13.2. The van der Waals surface area contributed by atoms with E-state index in [4.69, 9.17) is 0 Å². The van der Waals surface area contributed by atoms with Gasteiger partial charge < -0.3 is 15.2 Å². The number of rotatable bonds is 4. The summed E-state index contributed by atoms with van der Waals surface area (Å²) in [6, 6.07) is 6.03. The number of imidazole rings is 1. The first-order valence-electron chi connectivity index (χ1n) is 7.57. The van der Waals surface area contributed by atoms with Crippen LogP contribution in [0.3, 0.4) is 0 Å². The molecule has 25 heavy (non-hydrogen) atoms. The molecule has 0 radical (unpaired) electrons. The van der Waals surface area contributed by atoms with Crippen LogP contribution in [-0.4, -0.2) is 33.4 Å². The molecule has 0 bridgehead atoms. The SMILES string of the molecule is CC(C)(C)NC(=O)CNC(=O)Cn1c(C(F)(F)F)nc2ccccc21. The third-order valence-electron chi connectivity index (χ3n) is 3.17. The summed E-state index contributed by atoms with van der Waals surface area (Å²) < 4.78 is 40.3.